The summed E-state index contributed by atoms with van der Waals surface area (Å²) in [4.78, 5) is 0. The first-order valence-electron chi connectivity index (χ1n) is 6.55. The monoisotopic (exact) mass is 299 g/mol. The summed E-state index contributed by atoms with van der Waals surface area (Å²) >= 11 is 6.07. The number of hydrogen-bond acceptors (Lipinski definition) is 4. The van der Waals surface area contributed by atoms with Gasteiger partial charge in [0.2, 0.25) is 0 Å². The zero-order valence-electron chi connectivity index (χ0n) is 11.5. The fourth-order valence-electron chi connectivity index (χ4n) is 2.17. The van der Waals surface area contributed by atoms with E-state index in [1.807, 2.05) is 48.5 Å². The van der Waals surface area contributed by atoms with Gasteiger partial charge in [0.15, 0.2) is 11.0 Å². The number of nitrogens with zero attached hydrogens (tertiary/aromatic N) is 2. The van der Waals surface area contributed by atoms with E-state index in [4.69, 9.17) is 16.3 Å². The van der Waals surface area contributed by atoms with Crippen LogP contribution in [0, 0.1) is 0 Å². The SMILES string of the molecule is COc1cccc(CNc2nnc(Cl)c3ccccc23)c1. The average Bonchev–Trinajstić information content (AvgIpc) is 2.55. The van der Waals surface area contributed by atoms with Gasteiger partial charge < -0.3 is 10.1 Å². The van der Waals surface area contributed by atoms with Gasteiger partial charge in [-0.2, -0.15) is 0 Å². The van der Waals surface area contributed by atoms with Gasteiger partial charge in [0.05, 0.1) is 7.11 Å². The average molecular weight is 300 g/mol. The van der Waals surface area contributed by atoms with Crippen molar-refractivity contribution in [1.29, 1.82) is 0 Å². The topological polar surface area (TPSA) is 47.0 Å². The third-order valence-corrected chi connectivity index (χ3v) is 3.52. The molecule has 0 saturated heterocycles. The number of aromatic nitrogens is 2. The molecule has 4 nitrogen and oxygen atoms in total. The maximum atomic E-state index is 6.07. The van der Waals surface area contributed by atoms with Gasteiger partial charge in [0.25, 0.3) is 0 Å². The van der Waals surface area contributed by atoms with Crippen LogP contribution in [0.2, 0.25) is 5.15 Å². The van der Waals surface area contributed by atoms with Crippen LogP contribution in [0.25, 0.3) is 10.8 Å². The van der Waals surface area contributed by atoms with E-state index in [0.717, 1.165) is 27.9 Å². The molecule has 106 valence electrons. The summed E-state index contributed by atoms with van der Waals surface area (Å²) in [6, 6.07) is 15.7. The molecule has 5 heteroatoms. The molecule has 0 amide bonds. The van der Waals surface area contributed by atoms with Crippen LogP contribution in [0.4, 0.5) is 5.82 Å². The molecule has 0 aliphatic heterocycles. The highest BCUT2D eigenvalue weighted by Crippen LogP contribution is 2.26. The highest BCUT2D eigenvalue weighted by Gasteiger charge is 2.07. The fraction of sp³-hybridized carbons (Fsp3) is 0.125. The number of ether oxygens (including phenoxy) is 1. The van der Waals surface area contributed by atoms with Gasteiger partial charge in [-0.3, -0.25) is 0 Å². The summed E-state index contributed by atoms with van der Waals surface area (Å²) in [5, 5.41) is 13.7. The van der Waals surface area contributed by atoms with Gasteiger partial charge in [-0.1, -0.05) is 48.0 Å². The molecule has 0 unspecified atom stereocenters. The molecule has 3 aromatic rings. The number of fused-ring (bicyclic) bond motifs is 1. The fourth-order valence-corrected chi connectivity index (χ4v) is 2.37. The van der Waals surface area contributed by atoms with E-state index >= 15 is 0 Å². The van der Waals surface area contributed by atoms with E-state index in [-0.39, 0.29) is 0 Å². The first kappa shape index (κ1) is 13.6. The van der Waals surface area contributed by atoms with Crippen LogP contribution in [-0.4, -0.2) is 17.3 Å². The van der Waals surface area contributed by atoms with Crippen molar-refractivity contribution < 1.29 is 4.74 Å². The lowest BCUT2D eigenvalue weighted by Gasteiger charge is -2.09. The maximum absolute atomic E-state index is 6.07. The Balaban J connectivity index is 1.87. The lowest BCUT2D eigenvalue weighted by atomic mass is 10.2. The highest BCUT2D eigenvalue weighted by molar-refractivity contribution is 6.34. The minimum atomic E-state index is 0.414. The van der Waals surface area contributed by atoms with Crippen molar-refractivity contribution in [2.75, 3.05) is 12.4 Å². The Kier molecular flexibility index (Phi) is 3.88. The molecule has 1 aromatic heterocycles. The van der Waals surface area contributed by atoms with Crippen molar-refractivity contribution in [3.8, 4) is 5.75 Å². The quantitative estimate of drug-likeness (QED) is 0.793. The molecule has 3 rings (SSSR count). The molecule has 0 aliphatic rings. The number of hydrogen-bond donors (Lipinski definition) is 1. The minimum Gasteiger partial charge on any atom is -0.497 e. The second-order valence-corrected chi connectivity index (χ2v) is 4.95. The van der Waals surface area contributed by atoms with Gasteiger partial charge in [-0.05, 0) is 17.7 Å². The van der Waals surface area contributed by atoms with Crippen molar-refractivity contribution in [2.24, 2.45) is 0 Å². The summed E-state index contributed by atoms with van der Waals surface area (Å²) < 4.78 is 5.22. The molecule has 0 bridgehead atoms. The molecule has 0 saturated carbocycles. The first-order valence-corrected chi connectivity index (χ1v) is 6.93. The molecule has 0 fully saturated rings. The zero-order valence-corrected chi connectivity index (χ0v) is 12.3. The lowest BCUT2D eigenvalue weighted by molar-refractivity contribution is 0.414. The molecule has 1 N–H and O–H groups in total. The van der Waals surface area contributed by atoms with Crippen molar-refractivity contribution in [1.82, 2.24) is 10.2 Å². The summed E-state index contributed by atoms with van der Waals surface area (Å²) in [6.07, 6.45) is 0. The van der Waals surface area contributed by atoms with Crippen LogP contribution < -0.4 is 10.1 Å². The van der Waals surface area contributed by atoms with Crippen LogP contribution in [0.1, 0.15) is 5.56 Å². The summed E-state index contributed by atoms with van der Waals surface area (Å²) in [5.41, 5.74) is 1.11. The normalized spacial score (nSPS) is 10.6. The standard InChI is InChI=1S/C16H14ClN3O/c1-21-12-6-4-5-11(9-12)10-18-16-14-8-3-2-7-13(14)15(17)19-20-16/h2-9H,10H2,1H3,(H,18,20). The Hall–Kier alpha value is -2.33. The number of methoxy groups -OCH3 is 1. The van der Waals surface area contributed by atoms with Gasteiger partial charge in [0, 0.05) is 17.3 Å². The van der Waals surface area contributed by atoms with Crippen LogP contribution in [0.5, 0.6) is 5.75 Å². The Labute approximate surface area is 127 Å². The van der Waals surface area contributed by atoms with Crippen LogP contribution in [-0.2, 0) is 6.54 Å². The van der Waals surface area contributed by atoms with Crippen molar-refractivity contribution in [2.45, 2.75) is 6.54 Å². The first-order chi connectivity index (χ1) is 10.3. The predicted octanol–water partition coefficient (Wildman–Crippen LogP) is 3.90. The maximum Gasteiger partial charge on any atom is 0.159 e. The number of rotatable bonds is 4. The third kappa shape index (κ3) is 2.90. The zero-order chi connectivity index (χ0) is 14.7. The number of anilines is 1. The molecule has 0 atom stereocenters. The third-order valence-electron chi connectivity index (χ3n) is 3.24. The molecular weight excluding hydrogens is 286 g/mol. The largest absolute Gasteiger partial charge is 0.497 e. The molecule has 0 spiro atoms. The minimum absolute atomic E-state index is 0.414. The van der Waals surface area contributed by atoms with E-state index in [0.29, 0.717) is 11.7 Å². The van der Waals surface area contributed by atoms with E-state index in [9.17, 15) is 0 Å². The van der Waals surface area contributed by atoms with Crippen molar-refractivity contribution >= 4 is 28.2 Å². The van der Waals surface area contributed by atoms with Gasteiger partial charge in [0.1, 0.15) is 5.75 Å². The van der Waals surface area contributed by atoms with Gasteiger partial charge in [-0.15, -0.1) is 10.2 Å². The second kappa shape index (κ2) is 5.97. The molecule has 21 heavy (non-hydrogen) atoms. The smallest absolute Gasteiger partial charge is 0.159 e. The summed E-state index contributed by atoms with van der Waals surface area (Å²) in [6.45, 7) is 0.636. The van der Waals surface area contributed by atoms with Crippen LogP contribution >= 0.6 is 11.6 Å². The lowest BCUT2D eigenvalue weighted by Crippen LogP contribution is -2.03. The van der Waals surface area contributed by atoms with E-state index in [1.165, 1.54) is 0 Å². The Morgan fingerprint density at radius 1 is 1.05 bits per heavy atom. The number of halogens is 1. The molecule has 1 heterocycles. The highest BCUT2D eigenvalue weighted by atomic mass is 35.5. The van der Waals surface area contributed by atoms with E-state index in [2.05, 4.69) is 15.5 Å². The van der Waals surface area contributed by atoms with E-state index < -0.39 is 0 Å². The predicted molar refractivity (Wildman–Crippen MR) is 84.9 cm³/mol. The van der Waals surface area contributed by atoms with Gasteiger partial charge >= 0.3 is 0 Å². The van der Waals surface area contributed by atoms with Crippen LogP contribution in [0.3, 0.4) is 0 Å². The molecular formula is C16H14ClN3O. The summed E-state index contributed by atoms with van der Waals surface area (Å²) in [5.74, 6) is 1.55. The second-order valence-electron chi connectivity index (χ2n) is 4.59. The Morgan fingerprint density at radius 3 is 2.67 bits per heavy atom. The number of nitrogens with one attached hydrogen (secondary N) is 1. The van der Waals surface area contributed by atoms with Crippen LogP contribution in [0.15, 0.2) is 48.5 Å². The molecule has 2 aromatic carbocycles. The summed E-state index contributed by atoms with van der Waals surface area (Å²) in [7, 11) is 1.66. The van der Waals surface area contributed by atoms with Crippen molar-refractivity contribution in [3.05, 3.63) is 59.2 Å². The van der Waals surface area contributed by atoms with Gasteiger partial charge in [-0.25, -0.2) is 0 Å². The molecule has 0 aliphatic carbocycles. The molecule has 0 radical (unpaired) electrons. The Morgan fingerprint density at radius 2 is 1.86 bits per heavy atom. The Bertz CT molecular complexity index is 776. The van der Waals surface area contributed by atoms with Crippen molar-refractivity contribution in [3.63, 3.8) is 0 Å². The van der Waals surface area contributed by atoms with E-state index in [1.54, 1.807) is 7.11 Å². The number of benzene rings is 2.